The third kappa shape index (κ3) is 8.24. The van der Waals surface area contributed by atoms with E-state index < -0.39 is 68.9 Å². The minimum absolute atomic E-state index is 0.100. The van der Waals surface area contributed by atoms with Crippen molar-refractivity contribution < 1.29 is 57.8 Å². The molecule has 206 valence electrons. The first-order valence-electron chi connectivity index (χ1n) is 9.98. The fourth-order valence-corrected chi connectivity index (χ4v) is 3.60. The van der Waals surface area contributed by atoms with Crippen molar-refractivity contribution >= 4 is 21.4 Å². The Bertz CT molecular complexity index is 1190. The Labute approximate surface area is 204 Å². The van der Waals surface area contributed by atoms with Crippen LogP contribution in [-0.2, 0) is 39.1 Å². The van der Waals surface area contributed by atoms with Gasteiger partial charge in [0.1, 0.15) is 5.75 Å². The van der Waals surface area contributed by atoms with Gasteiger partial charge in [-0.05, 0) is 41.5 Å². The number of aliphatic hydroxyl groups is 1. The third-order valence-electron chi connectivity index (χ3n) is 4.92. The maximum Gasteiger partial charge on any atom is 0.423 e. The molecule has 0 bridgehead atoms. The van der Waals surface area contributed by atoms with E-state index in [0.29, 0.717) is 5.56 Å². The number of alkyl halides is 9. The molecule has 2 aromatic rings. The molecule has 0 heterocycles. The van der Waals surface area contributed by atoms with Gasteiger partial charge in [0.2, 0.25) is 11.5 Å². The molecular formula is C21H19F9N2O4S. The van der Waals surface area contributed by atoms with Crippen LogP contribution in [0, 0.1) is 0 Å². The Morgan fingerprint density at radius 3 is 1.70 bits per heavy atom. The molecule has 0 aliphatic heterocycles. The summed E-state index contributed by atoms with van der Waals surface area (Å²) in [6.07, 6.45) is -15.7. The number of hydrogen-bond acceptors (Lipinski definition) is 5. The highest BCUT2D eigenvalue weighted by atomic mass is 32.2. The minimum atomic E-state index is -5.68. The maximum atomic E-state index is 13.8. The van der Waals surface area contributed by atoms with Gasteiger partial charge in [-0.25, -0.2) is 8.42 Å². The topological polar surface area (TPSA) is 95.5 Å². The van der Waals surface area contributed by atoms with Gasteiger partial charge in [-0.1, -0.05) is 12.1 Å². The second-order valence-electron chi connectivity index (χ2n) is 8.05. The summed E-state index contributed by atoms with van der Waals surface area (Å²) in [7, 11) is -3.58. The first kappa shape index (κ1) is 30.2. The number of amides is 1. The normalized spacial score (nSPS) is 14.7. The number of benzene rings is 2. The Kier molecular flexibility index (Phi) is 8.49. The van der Waals surface area contributed by atoms with Crippen molar-refractivity contribution in [3.05, 3.63) is 64.7 Å². The van der Waals surface area contributed by atoms with E-state index in [-0.39, 0.29) is 30.4 Å². The number of hydrogen-bond donors (Lipinski definition) is 3. The molecule has 0 saturated carbocycles. The standard InChI is InChI=1S/C21H19F9N2O4S/c1-37(35,36)10-17(33)31-9-12-2-4-16(5-3-12)32-11-18(34,21(28,29)30)13-6-14(19(22,23)24)8-15(7-13)20(25,26)27/h2-8,32,34H,9-11H2,1H3,(H,31,33)/t18-/m0/s1. The van der Waals surface area contributed by atoms with Gasteiger partial charge >= 0.3 is 18.5 Å². The van der Waals surface area contributed by atoms with E-state index in [2.05, 4.69) is 10.6 Å². The molecule has 0 spiro atoms. The van der Waals surface area contributed by atoms with Gasteiger partial charge in [-0.2, -0.15) is 39.5 Å². The predicted molar refractivity (Wildman–Crippen MR) is 113 cm³/mol. The summed E-state index contributed by atoms with van der Waals surface area (Å²) in [6, 6.07) is 4.16. The van der Waals surface area contributed by atoms with Gasteiger partial charge in [0.25, 0.3) is 0 Å². The quantitative estimate of drug-likeness (QED) is 0.416. The van der Waals surface area contributed by atoms with E-state index in [4.69, 9.17) is 0 Å². The first-order valence-corrected chi connectivity index (χ1v) is 12.0. The van der Waals surface area contributed by atoms with E-state index in [1.807, 2.05) is 0 Å². The second-order valence-corrected chi connectivity index (χ2v) is 10.2. The van der Waals surface area contributed by atoms with Crippen LogP contribution in [0.5, 0.6) is 0 Å². The van der Waals surface area contributed by atoms with E-state index in [9.17, 15) is 57.8 Å². The smallest absolute Gasteiger partial charge is 0.381 e. The fraction of sp³-hybridized carbons (Fsp3) is 0.381. The zero-order chi connectivity index (χ0) is 28.4. The van der Waals surface area contributed by atoms with Gasteiger partial charge in [0, 0.05) is 18.5 Å². The summed E-state index contributed by atoms with van der Waals surface area (Å²) in [5.74, 6) is -1.58. The number of rotatable bonds is 8. The lowest BCUT2D eigenvalue weighted by molar-refractivity contribution is -0.261. The van der Waals surface area contributed by atoms with Crippen LogP contribution in [0.15, 0.2) is 42.5 Å². The first-order chi connectivity index (χ1) is 16.6. The van der Waals surface area contributed by atoms with Crippen molar-refractivity contribution in [2.24, 2.45) is 0 Å². The van der Waals surface area contributed by atoms with Crippen LogP contribution in [0.1, 0.15) is 22.3 Å². The van der Waals surface area contributed by atoms with Crippen molar-refractivity contribution in [2.45, 2.75) is 30.7 Å². The summed E-state index contributed by atoms with van der Waals surface area (Å²) in [5, 5.41) is 14.8. The molecule has 2 rings (SSSR count). The molecular weight excluding hydrogens is 547 g/mol. The number of carbonyl (C=O) groups is 1. The molecule has 3 N–H and O–H groups in total. The van der Waals surface area contributed by atoms with Gasteiger partial charge < -0.3 is 15.7 Å². The van der Waals surface area contributed by atoms with Crippen molar-refractivity contribution in [3.8, 4) is 0 Å². The summed E-state index contributed by atoms with van der Waals surface area (Å²) in [4.78, 5) is 11.5. The fourth-order valence-electron chi connectivity index (χ4n) is 3.02. The van der Waals surface area contributed by atoms with Crippen molar-refractivity contribution in [3.63, 3.8) is 0 Å². The zero-order valence-electron chi connectivity index (χ0n) is 18.6. The number of carbonyl (C=O) groups excluding carboxylic acids is 1. The van der Waals surface area contributed by atoms with Crippen LogP contribution in [0.25, 0.3) is 0 Å². The summed E-state index contributed by atoms with van der Waals surface area (Å²) < 4.78 is 142. The monoisotopic (exact) mass is 566 g/mol. The average molecular weight is 566 g/mol. The molecule has 0 saturated heterocycles. The molecule has 16 heteroatoms. The maximum absolute atomic E-state index is 13.8. The summed E-state index contributed by atoms with van der Waals surface area (Å²) in [6.45, 7) is -1.69. The van der Waals surface area contributed by atoms with Crippen molar-refractivity contribution in [1.29, 1.82) is 0 Å². The van der Waals surface area contributed by atoms with Crippen molar-refractivity contribution in [1.82, 2.24) is 5.32 Å². The van der Waals surface area contributed by atoms with E-state index in [1.54, 1.807) is 0 Å². The van der Waals surface area contributed by atoms with Crippen LogP contribution in [0.2, 0.25) is 0 Å². The van der Waals surface area contributed by atoms with Gasteiger partial charge in [-0.15, -0.1) is 0 Å². The molecule has 0 aliphatic carbocycles. The lowest BCUT2D eigenvalue weighted by Crippen LogP contribution is -2.48. The summed E-state index contributed by atoms with van der Waals surface area (Å²) in [5.41, 5.74) is -9.58. The minimum Gasteiger partial charge on any atom is -0.381 e. The largest absolute Gasteiger partial charge is 0.423 e. The molecule has 0 unspecified atom stereocenters. The molecule has 0 radical (unpaired) electrons. The predicted octanol–water partition coefficient (Wildman–Crippen LogP) is 4.25. The van der Waals surface area contributed by atoms with E-state index >= 15 is 0 Å². The Balaban J connectivity index is 2.29. The molecule has 2 aromatic carbocycles. The van der Waals surface area contributed by atoms with Crippen LogP contribution in [0.3, 0.4) is 0 Å². The summed E-state index contributed by atoms with van der Waals surface area (Å²) >= 11 is 0. The zero-order valence-corrected chi connectivity index (χ0v) is 19.5. The molecule has 6 nitrogen and oxygen atoms in total. The average Bonchev–Trinajstić information content (AvgIpc) is 2.73. The highest BCUT2D eigenvalue weighted by Gasteiger charge is 2.56. The molecule has 0 fully saturated rings. The lowest BCUT2D eigenvalue weighted by atomic mass is 9.89. The Morgan fingerprint density at radius 2 is 1.30 bits per heavy atom. The van der Waals surface area contributed by atoms with Gasteiger partial charge in [-0.3, -0.25) is 4.79 Å². The van der Waals surface area contributed by atoms with E-state index in [1.165, 1.54) is 24.3 Å². The SMILES string of the molecule is CS(=O)(=O)CC(=O)NCc1ccc(NC[C@](O)(c2cc(C(F)(F)F)cc(C(F)(F)F)c2)C(F)(F)F)cc1. The highest BCUT2D eigenvalue weighted by Crippen LogP contribution is 2.44. The molecule has 0 aliphatic rings. The number of anilines is 1. The number of sulfone groups is 1. The molecule has 0 aromatic heterocycles. The third-order valence-corrected chi connectivity index (χ3v) is 5.71. The van der Waals surface area contributed by atoms with Gasteiger partial charge in [0.05, 0.1) is 17.7 Å². The number of halogens is 9. The highest BCUT2D eigenvalue weighted by molar-refractivity contribution is 7.91. The Morgan fingerprint density at radius 1 is 0.838 bits per heavy atom. The van der Waals surface area contributed by atoms with Crippen LogP contribution >= 0.6 is 0 Å². The van der Waals surface area contributed by atoms with Crippen LogP contribution < -0.4 is 10.6 Å². The molecule has 1 atom stereocenters. The molecule has 37 heavy (non-hydrogen) atoms. The van der Waals surface area contributed by atoms with Crippen LogP contribution in [-0.4, -0.2) is 44.2 Å². The lowest BCUT2D eigenvalue weighted by Gasteiger charge is -2.32. The second kappa shape index (κ2) is 10.4. The number of nitrogens with one attached hydrogen (secondary N) is 2. The van der Waals surface area contributed by atoms with E-state index in [0.717, 1.165) is 6.26 Å². The van der Waals surface area contributed by atoms with Gasteiger partial charge in [0.15, 0.2) is 9.84 Å². The van der Waals surface area contributed by atoms with Crippen LogP contribution in [0.4, 0.5) is 45.2 Å². The van der Waals surface area contributed by atoms with Crippen molar-refractivity contribution in [2.75, 3.05) is 23.9 Å². The Hall–Kier alpha value is -3.01. The molecule has 1 amide bonds.